The quantitative estimate of drug-likeness (QED) is 0.310. The predicted molar refractivity (Wildman–Crippen MR) is 156 cm³/mol. The maximum Gasteiger partial charge on any atom is 0.332 e. The molecule has 3 aromatic carbocycles. The monoisotopic (exact) mass is 556 g/mol. The minimum Gasteiger partial charge on any atom is -0.495 e. The molecule has 0 aliphatic carbocycles. The number of aromatic nitrogens is 2. The number of ether oxygens (including phenoxy) is 2. The fourth-order valence-electron chi connectivity index (χ4n) is 5.01. The molecule has 1 fully saturated rings. The first kappa shape index (κ1) is 27.9. The van der Waals surface area contributed by atoms with Gasteiger partial charge in [0.25, 0.3) is 11.5 Å². The van der Waals surface area contributed by atoms with Crippen LogP contribution in [0, 0.1) is 0 Å². The van der Waals surface area contributed by atoms with Gasteiger partial charge in [-0.2, -0.15) is 0 Å². The van der Waals surface area contributed by atoms with E-state index in [1.807, 2.05) is 30.3 Å². The van der Waals surface area contributed by atoms with Crippen molar-refractivity contribution in [1.82, 2.24) is 14.5 Å². The van der Waals surface area contributed by atoms with Gasteiger partial charge in [0.15, 0.2) is 0 Å². The third-order valence-corrected chi connectivity index (χ3v) is 7.12. The van der Waals surface area contributed by atoms with Gasteiger partial charge in [0.2, 0.25) is 5.91 Å². The van der Waals surface area contributed by atoms with E-state index in [0.29, 0.717) is 31.0 Å². The minimum atomic E-state index is -0.644. The molecule has 4 aromatic rings. The molecule has 1 aromatic heterocycles. The van der Waals surface area contributed by atoms with Crippen molar-refractivity contribution in [3.05, 3.63) is 105 Å². The van der Waals surface area contributed by atoms with Crippen LogP contribution in [0.15, 0.2) is 82.4 Å². The van der Waals surface area contributed by atoms with E-state index >= 15 is 0 Å². The Bertz CT molecular complexity index is 1670. The van der Waals surface area contributed by atoms with Crippen molar-refractivity contribution in [3.63, 3.8) is 0 Å². The lowest BCUT2D eigenvalue weighted by atomic mass is 10.1. The van der Waals surface area contributed by atoms with Crippen molar-refractivity contribution < 1.29 is 19.1 Å². The highest BCUT2D eigenvalue weighted by Gasteiger charge is 2.22. The zero-order valence-electron chi connectivity index (χ0n) is 22.8. The molecule has 0 bridgehead atoms. The van der Waals surface area contributed by atoms with Gasteiger partial charge in [-0.1, -0.05) is 42.5 Å². The second kappa shape index (κ2) is 12.6. The van der Waals surface area contributed by atoms with Gasteiger partial charge in [0.1, 0.15) is 12.3 Å². The number of benzene rings is 3. The number of carbonyl (C=O) groups excluding carboxylic acids is 2. The topological polar surface area (TPSA) is 121 Å². The highest BCUT2D eigenvalue weighted by molar-refractivity contribution is 5.98. The molecule has 1 unspecified atom stereocenters. The largest absolute Gasteiger partial charge is 0.495 e. The van der Waals surface area contributed by atoms with Crippen molar-refractivity contribution in [2.24, 2.45) is 0 Å². The van der Waals surface area contributed by atoms with Crippen LogP contribution in [0.25, 0.3) is 10.9 Å². The lowest BCUT2D eigenvalue weighted by Gasteiger charge is -2.17. The molecule has 1 atom stereocenters. The van der Waals surface area contributed by atoms with Crippen molar-refractivity contribution >= 4 is 28.4 Å². The summed E-state index contributed by atoms with van der Waals surface area (Å²) in [6.07, 6.45) is 1.98. The van der Waals surface area contributed by atoms with Crippen LogP contribution in [0.5, 0.6) is 5.75 Å². The third-order valence-electron chi connectivity index (χ3n) is 7.12. The smallest absolute Gasteiger partial charge is 0.332 e. The maximum absolute atomic E-state index is 13.7. The van der Waals surface area contributed by atoms with E-state index in [9.17, 15) is 19.2 Å². The minimum absolute atomic E-state index is 0.0868. The Kier molecular flexibility index (Phi) is 8.59. The van der Waals surface area contributed by atoms with Gasteiger partial charge >= 0.3 is 5.69 Å². The molecule has 1 saturated heterocycles. The number of fused-ring (bicyclic) bond motifs is 1. The van der Waals surface area contributed by atoms with E-state index in [4.69, 9.17) is 9.47 Å². The summed E-state index contributed by atoms with van der Waals surface area (Å²) in [4.78, 5) is 53.3. The fraction of sp³-hybridized carbons (Fsp3) is 0.290. The van der Waals surface area contributed by atoms with Crippen LogP contribution in [0.2, 0.25) is 0 Å². The number of anilines is 1. The summed E-state index contributed by atoms with van der Waals surface area (Å²) in [6.45, 7) is 0.699. The normalized spacial score (nSPS) is 14.6. The molecular formula is C31H32N4O6. The number of methoxy groups -OCH3 is 1. The van der Waals surface area contributed by atoms with Crippen LogP contribution in [-0.2, 0) is 29.0 Å². The van der Waals surface area contributed by atoms with E-state index in [1.165, 1.54) is 23.8 Å². The molecule has 212 valence electrons. The third kappa shape index (κ3) is 6.38. The molecule has 10 nitrogen and oxygen atoms in total. The average molecular weight is 557 g/mol. The van der Waals surface area contributed by atoms with E-state index in [2.05, 4.69) is 10.6 Å². The van der Waals surface area contributed by atoms with Gasteiger partial charge in [-0.05, 0) is 55.2 Å². The Labute approximate surface area is 236 Å². The molecule has 41 heavy (non-hydrogen) atoms. The van der Waals surface area contributed by atoms with Gasteiger partial charge in [-0.25, -0.2) is 4.79 Å². The van der Waals surface area contributed by atoms with Crippen molar-refractivity contribution in [2.75, 3.05) is 25.6 Å². The van der Waals surface area contributed by atoms with Crippen molar-refractivity contribution in [1.29, 1.82) is 0 Å². The second-order valence-corrected chi connectivity index (χ2v) is 9.89. The summed E-state index contributed by atoms with van der Waals surface area (Å²) in [7, 11) is 1.50. The predicted octanol–water partition coefficient (Wildman–Crippen LogP) is 2.96. The lowest BCUT2D eigenvalue weighted by Crippen LogP contribution is -2.43. The molecule has 1 aliphatic heterocycles. The molecule has 2 amide bonds. The number of amides is 2. The first-order valence-electron chi connectivity index (χ1n) is 13.6. The second-order valence-electron chi connectivity index (χ2n) is 9.89. The average Bonchev–Trinajstić information content (AvgIpc) is 3.51. The number of hydrogen-bond acceptors (Lipinski definition) is 6. The van der Waals surface area contributed by atoms with E-state index in [-0.39, 0.29) is 41.6 Å². The van der Waals surface area contributed by atoms with Crippen LogP contribution >= 0.6 is 0 Å². The van der Waals surface area contributed by atoms with Gasteiger partial charge in [-0.3, -0.25) is 23.5 Å². The highest BCUT2D eigenvalue weighted by atomic mass is 16.5. The van der Waals surface area contributed by atoms with Crippen molar-refractivity contribution in [2.45, 2.75) is 38.5 Å². The first-order valence-corrected chi connectivity index (χ1v) is 13.6. The van der Waals surface area contributed by atoms with Crippen LogP contribution in [-0.4, -0.2) is 47.3 Å². The summed E-state index contributed by atoms with van der Waals surface area (Å²) in [5.74, 6) is -0.363. The standard InChI is InChI=1S/C31H32N4O6/c1-40-27-12-6-5-11-25(27)33-28(36)20-34-26-18-22(29(37)32-16-15-21-8-3-2-4-9-21)13-14-24(26)30(38)35(31(34)39)19-23-10-7-17-41-23/h2-6,8-9,11-14,18,23H,7,10,15-17,19-20H2,1H3,(H,32,37)(H,33,36). The number of hydrogen-bond donors (Lipinski definition) is 2. The summed E-state index contributed by atoms with van der Waals surface area (Å²) in [5, 5.41) is 5.89. The summed E-state index contributed by atoms with van der Waals surface area (Å²) in [6, 6.07) is 21.3. The number of nitrogens with zero attached hydrogens (tertiary/aromatic N) is 2. The van der Waals surface area contributed by atoms with Crippen LogP contribution < -0.4 is 26.6 Å². The fourth-order valence-corrected chi connectivity index (χ4v) is 5.01. The molecule has 10 heteroatoms. The molecule has 2 N–H and O–H groups in total. The zero-order chi connectivity index (χ0) is 28.8. The Morgan fingerprint density at radius 1 is 1.00 bits per heavy atom. The summed E-state index contributed by atoms with van der Waals surface area (Å²) in [5.41, 5.74) is 0.888. The number of rotatable bonds is 10. The van der Waals surface area contributed by atoms with Crippen LogP contribution in [0.4, 0.5) is 5.69 Å². The lowest BCUT2D eigenvalue weighted by molar-refractivity contribution is -0.116. The maximum atomic E-state index is 13.7. The van der Waals surface area contributed by atoms with Crippen LogP contribution in [0.1, 0.15) is 28.8 Å². The van der Waals surface area contributed by atoms with E-state index in [0.717, 1.165) is 23.0 Å². The van der Waals surface area contributed by atoms with E-state index < -0.39 is 17.2 Å². The van der Waals surface area contributed by atoms with Gasteiger partial charge in [-0.15, -0.1) is 0 Å². The summed E-state index contributed by atoms with van der Waals surface area (Å²) >= 11 is 0. The number of carbonyl (C=O) groups is 2. The Balaban J connectivity index is 1.47. The van der Waals surface area contributed by atoms with Gasteiger partial charge < -0.3 is 20.1 Å². The Morgan fingerprint density at radius 2 is 1.78 bits per heavy atom. The molecule has 0 saturated carbocycles. The summed E-state index contributed by atoms with van der Waals surface area (Å²) < 4.78 is 13.3. The zero-order valence-corrected chi connectivity index (χ0v) is 22.8. The van der Waals surface area contributed by atoms with E-state index in [1.54, 1.807) is 30.3 Å². The molecule has 2 heterocycles. The molecule has 0 radical (unpaired) electrons. The molecule has 5 rings (SSSR count). The molecular weight excluding hydrogens is 524 g/mol. The number of nitrogens with one attached hydrogen (secondary N) is 2. The number of para-hydroxylation sites is 2. The first-order chi connectivity index (χ1) is 19.9. The Morgan fingerprint density at radius 3 is 2.54 bits per heavy atom. The SMILES string of the molecule is COc1ccccc1NC(=O)Cn1c(=O)n(CC2CCCO2)c(=O)c2ccc(C(=O)NCCc3ccccc3)cc21. The van der Waals surface area contributed by atoms with Gasteiger partial charge in [0.05, 0.1) is 36.3 Å². The van der Waals surface area contributed by atoms with Crippen LogP contribution in [0.3, 0.4) is 0 Å². The van der Waals surface area contributed by atoms with Crippen molar-refractivity contribution in [3.8, 4) is 5.75 Å². The molecule has 0 spiro atoms. The Hall–Kier alpha value is -4.70. The van der Waals surface area contributed by atoms with Gasteiger partial charge in [0, 0.05) is 18.7 Å². The highest BCUT2D eigenvalue weighted by Crippen LogP contribution is 2.23. The molecule has 1 aliphatic rings.